The van der Waals surface area contributed by atoms with E-state index in [1.54, 1.807) is 6.07 Å². The summed E-state index contributed by atoms with van der Waals surface area (Å²) in [6.07, 6.45) is 6.13. The van der Waals surface area contributed by atoms with Gasteiger partial charge in [-0.25, -0.2) is 4.39 Å². The summed E-state index contributed by atoms with van der Waals surface area (Å²) in [7, 11) is 1.99. The molecule has 2 aromatic carbocycles. The quantitative estimate of drug-likeness (QED) is 0.683. The predicted molar refractivity (Wildman–Crippen MR) is 84.5 cm³/mol. The van der Waals surface area contributed by atoms with Crippen molar-refractivity contribution in [3.05, 3.63) is 47.8 Å². The highest BCUT2D eigenvalue weighted by Gasteiger charge is 2.13. The minimum Gasteiger partial charge on any atom is -0.313 e. The standard InChI is InChI=1S/C18H24FN/c1-3-4-5-6-11-18(20-2)16-12-13-17(19)15-10-8-7-9-14(15)16/h7-10,12-13,18,20H,3-6,11H2,1-2H3. The molecule has 2 heteroatoms. The molecule has 0 saturated carbocycles. The SMILES string of the molecule is CCCCCCC(NC)c1ccc(F)c2ccccc12. The van der Waals surface area contributed by atoms with Crippen molar-refractivity contribution >= 4 is 10.8 Å². The molecule has 0 radical (unpaired) electrons. The van der Waals surface area contributed by atoms with Gasteiger partial charge in [0, 0.05) is 11.4 Å². The summed E-state index contributed by atoms with van der Waals surface area (Å²) in [6.45, 7) is 2.23. The van der Waals surface area contributed by atoms with Gasteiger partial charge in [0.2, 0.25) is 0 Å². The first-order valence-corrected chi connectivity index (χ1v) is 7.62. The molecule has 1 atom stereocenters. The fraction of sp³-hybridized carbons (Fsp3) is 0.444. The van der Waals surface area contributed by atoms with Gasteiger partial charge in [-0.05, 0) is 30.5 Å². The average Bonchev–Trinajstić information content (AvgIpc) is 2.49. The maximum absolute atomic E-state index is 13.9. The molecule has 0 aliphatic heterocycles. The van der Waals surface area contributed by atoms with Crippen molar-refractivity contribution in [3.8, 4) is 0 Å². The van der Waals surface area contributed by atoms with E-state index in [1.807, 2.05) is 37.4 Å². The van der Waals surface area contributed by atoms with Crippen molar-refractivity contribution < 1.29 is 4.39 Å². The molecule has 0 aliphatic rings. The fourth-order valence-electron chi connectivity index (χ4n) is 2.82. The molecule has 1 N–H and O–H groups in total. The van der Waals surface area contributed by atoms with Crippen LogP contribution in [0, 0.1) is 5.82 Å². The summed E-state index contributed by atoms with van der Waals surface area (Å²) in [5, 5.41) is 5.14. The zero-order valence-electron chi connectivity index (χ0n) is 12.5. The normalized spacial score (nSPS) is 12.8. The van der Waals surface area contributed by atoms with E-state index < -0.39 is 0 Å². The molecule has 0 saturated heterocycles. The number of hydrogen-bond acceptors (Lipinski definition) is 1. The molecule has 0 bridgehead atoms. The van der Waals surface area contributed by atoms with Gasteiger partial charge < -0.3 is 5.32 Å². The van der Waals surface area contributed by atoms with E-state index in [0.29, 0.717) is 6.04 Å². The van der Waals surface area contributed by atoms with Crippen LogP contribution in [-0.2, 0) is 0 Å². The lowest BCUT2D eigenvalue weighted by Crippen LogP contribution is -2.16. The minimum absolute atomic E-state index is 0.134. The van der Waals surface area contributed by atoms with E-state index in [0.717, 1.165) is 17.2 Å². The Morgan fingerprint density at radius 3 is 2.45 bits per heavy atom. The Morgan fingerprint density at radius 1 is 1.00 bits per heavy atom. The van der Waals surface area contributed by atoms with Crippen LogP contribution in [0.2, 0.25) is 0 Å². The molecule has 0 fully saturated rings. The second kappa shape index (κ2) is 7.39. The van der Waals surface area contributed by atoms with Gasteiger partial charge in [0.25, 0.3) is 0 Å². The molecule has 2 rings (SSSR count). The molecule has 2 aromatic rings. The van der Waals surface area contributed by atoms with Gasteiger partial charge in [0.1, 0.15) is 5.82 Å². The molecule has 108 valence electrons. The van der Waals surface area contributed by atoms with Gasteiger partial charge in [0.05, 0.1) is 0 Å². The second-order valence-corrected chi connectivity index (χ2v) is 5.37. The average molecular weight is 273 g/mol. The Bertz CT molecular complexity index is 550. The smallest absolute Gasteiger partial charge is 0.131 e. The molecule has 1 unspecified atom stereocenters. The molecular weight excluding hydrogens is 249 g/mol. The van der Waals surface area contributed by atoms with Crippen molar-refractivity contribution in [2.45, 2.75) is 45.1 Å². The van der Waals surface area contributed by atoms with Crippen molar-refractivity contribution in [1.29, 1.82) is 0 Å². The third-order valence-electron chi connectivity index (χ3n) is 3.97. The molecule has 20 heavy (non-hydrogen) atoms. The summed E-state index contributed by atoms with van der Waals surface area (Å²) in [6, 6.07) is 11.6. The van der Waals surface area contributed by atoms with Crippen molar-refractivity contribution in [3.63, 3.8) is 0 Å². The number of hydrogen-bond donors (Lipinski definition) is 1. The van der Waals surface area contributed by atoms with E-state index in [2.05, 4.69) is 12.2 Å². The van der Waals surface area contributed by atoms with Crippen molar-refractivity contribution in [2.75, 3.05) is 7.05 Å². The number of halogens is 1. The zero-order valence-corrected chi connectivity index (χ0v) is 12.5. The second-order valence-electron chi connectivity index (χ2n) is 5.37. The molecule has 0 aliphatic carbocycles. The van der Waals surface area contributed by atoms with E-state index in [-0.39, 0.29) is 5.82 Å². The Labute approximate surface area is 121 Å². The zero-order chi connectivity index (χ0) is 14.4. The van der Waals surface area contributed by atoms with E-state index in [9.17, 15) is 4.39 Å². The molecule has 0 heterocycles. The Hall–Kier alpha value is -1.41. The molecule has 0 spiro atoms. The van der Waals surface area contributed by atoms with Crippen LogP contribution in [0.4, 0.5) is 4.39 Å². The molecular formula is C18H24FN. The van der Waals surface area contributed by atoms with Crippen LogP contribution >= 0.6 is 0 Å². The number of unbranched alkanes of at least 4 members (excludes halogenated alkanes) is 3. The lowest BCUT2D eigenvalue weighted by Gasteiger charge is -2.19. The number of nitrogens with one attached hydrogen (secondary N) is 1. The topological polar surface area (TPSA) is 12.0 Å². The van der Waals surface area contributed by atoms with Crippen LogP contribution < -0.4 is 5.32 Å². The summed E-state index contributed by atoms with van der Waals surface area (Å²) in [5.74, 6) is -0.134. The third-order valence-corrected chi connectivity index (χ3v) is 3.97. The van der Waals surface area contributed by atoms with Gasteiger partial charge in [0.15, 0.2) is 0 Å². The maximum atomic E-state index is 13.9. The summed E-state index contributed by atoms with van der Waals surface area (Å²) in [4.78, 5) is 0. The number of rotatable bonds is 7. The minimum atomic E-state index is -0.134. The van der Waals surface area contributed by atoms with Crippen LogP contribution in [0.3, 0.4) is 0 Å². The van der Waals surface area contributed by atoms with Crippen LogP contribution in [-0.4, -0.2) is 7.05 Å². The van der Waals surface area contributed by atoms with Gasteiger partial charge in [-0.3, -0.25) is 0 Å². The van der Waals surface area contributed by atoms with E-state index >= 15 is 0 Å². The summed E-state index contributed by atoms with van der Waals surface area (Å²) < 4.78 is 13.9. The molecule has 1 nitrogen and oxygen atoms in total. The lowest BCUT2D eigenvalue weighted by atomic mass is 9.94. The maximum Gasteiger partial charge on any atom is 0.131 e. The lowest BCUT2D eigenvalue weighted by molar-refractivity contribution is 0.507. The van der Waals surface area contributed by atoms with Gasteiger partial charge in [-0.1, -0.05) is 62.9 Å². The van der Waals surface area contributed by atoms with Gasteiger partial charge in [-0.2, -0.15) is 0 Å². The Kier molecular flexibility index (Phi) is 5.54. The van der Waals surface area contributed by atoms with Crippen LogP contribution in [0.15, 0.2) is 36.4 Å². The first kappa shape index (κ1) is 15.0. The van der Waals surface area contributed by atoms with Crippen molar-refractivity contribution in [2.24, 2.45) is 0 Å². The first-order valence-electron chi connectivity index (χ1n) is 7.62. The monoisotopic (exact) mass is 273 g/mol. The fourth-order valence-corrected chi connectivity index (χ4v) is 2.82. The summed E-state index contributed by atoms with van der Waals surface area (Å²) in [5.41, 5.74) is 1.21. The van der Waals surface area contributed by atoms with Crippen LogP contribution in [0.5, 0.6) is 0 Å². The highest BCUT2D eigenvalue weighted by molar-refractivity contribution is 5.86. The highest BCUT2D eigenvalue weighted by Crippen LogP contribution is 2.29. The summed E-state index contributed by atoms with van der Waals surface area (Å²) >= 11 is 0. The number of fused-ring (bicyclic) bond motifs is 1. The van der Waals surface area contributed by atoms with Gasteiger partial charge >= 0.3 is 0 Å². The van der Waals surface area contributed by atoms with Crippen LogP contribution in [0.1, 0.15) is 50.6 Å². The third kappa shape index (κ3) is 3.37. The van der Waals surface area contributed by atoms with Crippen LogP contribution in [0.25, 0.3) is 10.8 Å². The Morgan fingerprint density at radius 2 is 1.75 bits per heavy atom. The first-order chi connectivity index (χ1) is 9.77. The van der Waals surface area contributed by atoms with E-state index in [4.69, 9.17) is 0 Å². The highest BCUT2D eigenvalue weighted by atomic mass is 19.1. The molecule has 0 aromatic heterocycles. The van der Waals surface area contributed by atoms with Gasteiger partial charge in [-0.15, -0.1) is 0 Å². The molecule has 0 amide bonds. The van der Waals surface area contributed by atoms with E-state index in [1.165, 1.54) is 31.2 Å². The largest absolute Gasteiger partial charge is 0.313 e. The van der Waals surface area contributed by atoms with Crippen molar-refractivity contribution in [1.82, 2.24) is 5.32 Å². The number of benzene rings is 2. The Balaban J connectivity index is 2.23. The predicted octanol–water partition coefficient (Wildman–Crippen LogP) is 5.21.